The van der Waals surface area contributed by atoms with Crippen LogP contribution >= 0.6 is 0 Å². The number of hydrogen-bond donors (Lipinski definition) is 1. The van der Waals surface area contributed by atoms with Crippen LogP contribution in [0.1, 0.15) is 31.2 Å². The van der Waals surface area contributed by atoms with Crippen LogP contribution in [-0.2, 0) is 10.2 Å². The number of nitrogens with zero attached hydrogens (tertiary/aromatic N) is 1. The molecule has 7 nitrogen and oxygen atoms in total. The van der Waals surface area contributed by atoms with Crippen LogP contribution in [-0.4, -0.2) is 49.2 Å². The van der Waals surface area contributed by atoms with Gasteiger partial charge in [-0.25, -0.2) is 4.79 Å². The van der Waals surface area contributed by atoms with E-state index in [9.17, 15) is 9.59 Å². The Morgan fingerprint density at radius 1 is 1.24 bits per heavy atom. The minimum atomic E-state index is -0.288. The predicted molar refractivity (Wildman–Crippen MR) is 87.1 cm³/mol. The van der Waals surface area contributed by atoms with Crippen LogP contribution in [0.25, 0.3) is 0 Å². The Bertz CT molecular complexity index is 751. The van der Waals surface area contributed by atoms with Gasteiger partial charge in [0.05, 0.1) is 20.3 Å². The van der Waals surface area contributed by atoms with E-state index in [-0.39, 0.29) is 36.0 Å². The van der Waals surface area contributed by atoms with Gasteiger partial charge in [-0.3, -0.25) is 9.69 Å². The molecule has 5 rings (SSSR count). The Hall–Kier alpha value is -2.44. The topological polar surface area (TPSA) is 77.1 Å². The Morgan fingerprint density at radius 2 is 2.00 bits per heavy atom. The van der Waals surface area contributed by atoms with E-state index in [0.29, 0.717) is 19.4 Å². The molecule has 1 aromatic rings. The molecule has 3 fully saturated rings. The number of urea groups is 1. The van der Waals surface area contributed by atoms with E-state index in [1.807, 2.05) is 12.1 Å². The zero-order valence-electron chi connectivity index (χ0n) is 14.0. The lowest BCUT2D eigenvalue weighted by atomic mass is 9.87. The van der Waals surface area contributed by atoms with E-state index in [1.54, 1.807) is 7.11 Å². The maximum absolute atomic E-state index is 11.8. The summed E-state index contributed by atoms with van der Waals surface area (Å²) in [5.41, 5.74) is 1.22. The maximum atomic E-state index is 11.8. The number of benzene rings is 1. The van der Waals surface area contributed by atoms with Crippen LogP contribution in [0.3, 0.4) is 0 Å². The Morgan fingerprint density at radius 3 is 2.64 bits per heavy atom. The molecule has 1 N–H and O–H groups in total. The van der Waals surface area contributed by atoms with E-state index in [0.717, 1.165) is 35.7 Å². The van der Waals surface area contributed by atoms with Gasteiger partial charge in [-0.05, 0) is 25.0 Å². The predicted octanol–water partition coefficient (Wildman–Crippen LogP) is 1.58. The second-order valence-electron chi connectivity index (χ2n) is 7.33. The summed E-state index contributed by atoms with van der Waals surface area (Å²) < 4.78 is 17.5. The van der Waals surface area contributed by atoms with Crippen molar-refractivity contribution in [2.75, 3.05) is 20.3 Å². The molecule has 0 unspecified atom stereocenters. The maximum Gasteiger partial charge on any atom is 0.324 e. The number of nitrogens with one attached hydrogen (secondary N) is 1. The number of hydrogen-bond acceptors (Lipinski definition) is 5. The van der Waals surface area contributed by atoms with Crippen molar-refractivity contribution in [3.63, 3.8) is 0 Å². The molecule has 0 bridgehead atoms. The second kappa shape index (κ2) is 5.03. The first-order chi connectivity index (χ1) is 12.1. The van der Waals surface area contributed by atoms with Crippen molar-refractivity contribution in [1.29, 1.82) is 0 Å². The third-order valence-corrected chi connectivity index (χ3v) is 5.79. The van der Waals surface area contributed by atoms with E-state index in [2.05, 4.69) is 5.32 Å². The van der Waals surface area contributed by atoms with Crippen LogP contribution in [0.4, 0.5) is 4.79 Å². The smallest absolute Gasteiger partial charge is 0.324 e. The third-order valence-electron chi connectivity index (χ3n) is 5.79. The van der Waals surface area contributed by atoms with Gasteiger partial charge in [0.15, 0.2) is 11.5 Å². The summed E-state index contributed by atoms with van der Waals surface area (Å²) in [7, 11) is 1.64. The normalized spacial score (nSPS) is 28.3. The van der Waals surface area contributed by atoms with Crippen LogP contribution in [0, 0.1) is 0 Å². The molecule has 1 aromatic carbocycles. The van der Waals surface area contributed by atoms with E-state index < -0.39 is 0 Å². The summed E-state index contributed by atoms with van der Waals surface area (Å²) in [6, 6.07) is 3.48. The fourth-order valence-corrected chi connectivity index (χ4v) is 4.11. The standard InChI is InChI=1S/C18H20N2O5/c1-23-13-3-2-12(15-16(13)24-9-18(15)4-5-18)25-11-6-10(7-11)20-14(21)8-19-17(20)22/h2-3,10-11H,4-9H2,1H3,(H,19,22). The largest absolute Gasteiger partial charge is 0.493 e. The van der Waals surface area contributed by atoms with E-state index >= 15 is 0 Å². The third kappa shape index (κ3) is 2.11. The highest BCUT2D eigenvalue weighted by Crippen LogP contribution is 2.61. The highest BCUT2D eigenvalue weighted by Gasteiger charge is 2.54. The first kappa shape index (κ1) is 14.9. The zero-order chi connectivity index (χ0) is 17.2. The molecule has 132 valence electrons. The van der Waals surface area contributed by atoms with Crippen LogP contribution in [0.15, 0.2) is 12.1 Å². The van der Waals surface area contributed by atoms with Gasteiger partial charge in [-0.2, -0.15) is 0 Å². The van der Waals surface area contributed by atoms with Gasteiger partial charge >= 0.3 is 6.03 Å². The van der Waals surface area contributed by atoms with Gasteiger partial charge in [-0.1, -0.05) is 0 Å². The summed E-state index contributed by atoms with van der Waals surface area (Å²) in [5.74, 6) is 2.26. The van der Waals surface area contributed by atoms with Crippen LogP contribution in [0.5, 0.6) is 17.2 Å². The molecule has 25 heavy (non-hydrogen) atoms. The van der Waals surface area contributed by atoms with Gasteiger partial charge in [0, 0.05) is 29.9 Å². The van der Waals surface area contributed by atoms with Gasteiger partial charge in [0.2, 0.25) is 5.91 Å². The van der Waals surface area contributed by atoms with E-state index in [4.69, 9.17) is 14.2 Å². The number of rotatable bonds is 4. The molecule has 2 aliphatic carbocycles. The van der Waals surface area contributed by atoms with Crippen molar-refractivity contribution >= 4 is 11.9 Å². The van der Waals surface area contributed by atoms with Gasteiger partial charge in [0.1, 0.15) is 11.9 Å². The van der Waals surface area contributed by atoms with Gasteiger partial charge in [0.25, 0.3) is 0 Å². The first-order valence-electron chi connectivity index (χ1n) is 8.72. The van der Waals surface area contributed by atoms with Crippen molar-refractivity contribution in [3.05, 3.63) is 17.7 Å². The molecule has 0 atom stereocenters. The fraction of sp³-hybridized carbons (Fsp3) is 0.556. The summed E-state index contributed by atoms with van der Waals surface area (Å²) in [5, 5.41) is 2.56. The zero-order valence-corrected chi connectivity index (χ0v) is 14.0. The lowest BCUT2D eigenvalue weighted by Gasteiger charge is -2.39. The van der Waals surface area contributed by atoms with Crippen molar-refractivity contribution in [2.24, 2.45) is 0 Å². The number of ether oxygens (including phenoxy) is 3. The van der Waals surface area contributed by atoms with Gasteiger partial charge < -0.3 is 19.5 Å². The van der Waals surface area contributed by atoms with Crippen molar-refractivity contribution < 1.29 is 23.8 Å². The Balaban J connectivity index is 1.33. The number of amides is 3. The molecular formula is C18H20N2O5. The number of carbonyl (C=O) groups excluding carboxylic acids is 2. The highest BCUT2D eigenvalue weighted by molar-refractivity contribution is 6.02. The van der Waals surface area contributed by atoms with E-state index in [1.165, 1.54) is 4.90 Å². The quantitative estimate of drug-likeness (QED) is 0.839. The molecule has 2 saturated carbocycles. The highest BCUT2D eigenvalue weighted by atomic mass is 16.5. The lowest BCUT2D eigenvalue weighted by molar-refractivity contribution is -0.129. The van der Waals surface area contributed by atoms with Crippen molar-refractivity contribution in [3.8, 4) is 17.2 Å². The Labute approximate surface area is 145 Å². The fourth-order valence-electron chi connectivity index (χ4n) is 4.11. The summed E-state index contributed by atoms with van der Waals surface area (Å²) >= 11 is 0. The van der Waals surface area contributed by atoms with Crippen LogP contribution in [0.2, 0.25) is 0 Å². The summed E-state index contributed by atoms with van der Waals surface area (Å²) in [6.45, 7) is 0.793. The van der Waals surface area contributed by atoms with Crippen LogP contribution < -0.4 is 19.5 Å². The summed E-state index contributed by atoms with van der Waals surface area (Å²) in [4.78, 5) is 24.8. The molecule has 4 aliphatic rings. The molecule has 2 aliphatic heterocycles. The SMILES string of the molecule is COc1ccc(OC2CC(N3C(=O)CNC3=O)C2)c2c1OCC21CC1. The minimum Gasteiger partial charge on any atom is -0.493 e. The van der Waals surface area contributed by atoms with Crippen molar-refractivity contribution in [2.45, 2.75) is 43.2 Å². The second-order valence-corrected chi connectivity index (χ2v) is 7.33. The number of methoxy groups -OCH3 is 1. The average Bonchev–Trinajstić information content (AvgIpc) is 3.15. The minimum absolute atomic E-state index is 0.0140. The lowest BCUT2D eigenvalue weighted by Crippen LogP contribution is -2.51. The molecule has 1 saturated heterocycles. The molecule has 1 spiro atoms. The number of imide groups is 1. The number of carbonyl (C=O) groups is 2. The molecule has 3 amide bonds. The first-order valence-corrected chi connectivity index (χ1v) is 8.72. The average molecular weight is 344 g/mol. The number of fused-ring (bicyclic) bond motifs is 2. The summed E-state index contributed by atoms with van der Waals surface area (Å²) in [6.07, 6.45) is 3.58. The molecule has 0 radical (unpaired) electrons. The monoisotopic (exact) mass is 344 g/mol. The van der Waals surface area contributed by atoms with Crippen molar-refractivity contribution in [1.82, 2.24) is 10.2 Å². The molecule has 0 aromatic heterocycles. The Kier molecular flexibility index (Phi) is 2.99. The molecular weight excluding hydrogens is 324 g/mol. The molecule has 2 heterocycles. The van der Waals surface area contributed by atoms with Gasteiger partial charge in [-0.15, -0.1) is 0 Å². The molecule has 7 heteroatoms.